The fourth-order valence-electron chi connectivity index (χ4n) is 4.86. The highest BCUT2D eigenvalue weighted by molar-refractivity contribution is 6.15. The summed E-state index contributed by atoms with van der Waals surface area (Å²) in [6, 6.07) is 14.8. The predicted octanol–water partition coefficient (Wildman–Crippen LogP) is 5.83. The Labute approximate surface area is 284 Å². The third-order valence-corrected chi connectivity index (χ3v) is 7.57. The first kappa shape index (κ1) is 39.5. The van der Waals surface area contributed by atoms with Gasteiger partial charge in [0.2, 0.25) is 11.5 Å². The number of phenols is 4. The minimum atomic E-state index is -0.882. The number of aliphatic carboxylic acids is 1. The van der Waals surface area contributed by atoms with Gasteiger partial charge in [0.15, 0.2) is 28.7 Å². The second kappa shape index (κ2) is 19.2. The highest BCUT2D eigenvalue weighted by atomic mass is 16.5. The molecule has 0 radical (unpaired) electrons. The molecule has 1 atom stereocenters. The molecule has 264 valence electrons. The summed E-state index contributed by atoms with van der Waals surface area (Å²) in [5, 5.41) is 52.8. The number of hydrogen-bond acceptors (Lipinski definition) is 10. The number of carbonyl (C=O) groups excluding carboxylic acids is 3. The molecular weight excluding hydrogens is 636 g/mol. The predicted molar refractivity (Wildman–Crippen MR) is 182 cm³/mol. The van der Waals surface area contributed by atoms with Crippen LogP contribution in [0.2, 0.25) is 0 Å². The number of phenolic OH excluding ortho intramolecular Hbond substituents is 4. The van der Waals surface area contributed by atoms with Crippen molar-refractivity contribution in [1.82, 2.24) is 10.6 Å². The van der Waals surface area contributed by atoms with E-state index in [0.717, 1.165) is 25.7 Å². The number of carbonyl (C=O) groups is 4. The van der Waals surface area contributed by atoms with E-state index in [0.29, 0.717) is 23.3 Å². The van der Waals surface area contributed by atoms with E-state index < -0.39 is 46.7 Å². The Bertz CT molecular complexity index is 1650. The number of benzene rings is 3. The van der Waals surface area contributed by atoms with E-state index in [1.165, 1.54) is 14.2 Å². The number of carboxylic acids is 1. The summed E-state index contributed by atoms with van der Waals surface area (Å²) in [5.41, 5.74) is 1.02. The van der Waals surface area contributed by atoms with Gasteiger partial charge < -0.3 is 35.0 Å². The molecule has 7 N–H and O–H groups in total. The Morgan fingerprint density at radius 3 is 1.92 bits per heavy atom. The second-order valence-corrected chi connectivity index (χ2v) is 10.8. The molecule has 1 aliphatic heterocycles. The Hall–Kier alpha value is -5.72. The quantitative estimate of drug-likeness (QED) is 0.0302. The Kier molecular flexibility index (Phi) is 15.4. The molecule has 0 aromatic heterocycles. The second-order valence-electron chi connectivity index (χ2n) is 10.8. The maximum Gasteiger partial charge on any atom is 0.326 e. The van der Waals surface area contributed by atoms with Crippen molar-refractivity contribution in [3.8, 4) is 28.7 Å². The molecular formula is C36H44N2O11. The molecule has 13 heteroatoms. The number of rotatable bonds is 12. The van der Waals surface area contributed by atoms with Gasteiger partial charge in [0, 0.05) is 17.5 Å². The molecule has 3 amide bonds. The first-order valence-electron chi connectivity index (χ1n) is 15.7. The number of ketones is 1. The molecule has 3 aromatic carbocycles. The number of ether oxygens (including phenoxy) is 2. The normalized spacial score (nSPS) is 13.4. The molecule has 3 aromatic rings. The van der Waals surface area contributed by atoms with Gasteiger partial charge in [0.1, 0.15) is 5.75 Å². The van der Waals surface area contributed by atoms with E-state index in [9.17, 15) is 39.6 Å². The van der Waals surface area contributed by atoms with Crippen molar-refractivity contribution < 1.29 is 54.2 Å². The van der Waals surface area contributed by atoms with E-state index in [1.54, 1.807) is 61.5 Å². The zero-order chi connectivity index (χ0) is 36.7. The van der Waals surface area contributed by atoms with Crippen LogP contribution in [0.4, 0.5) is 4.79 Å². The maximum atomic E-state index is 12.9. The molecule has 0 bridgehead atoms. The van der Waals surface area contributed by atoms with E-state index in [1.807, 2.05) is 6.92 Å². The number of imide groups is 1. The average Bonchev–Trinajstić information content (AvgIpc) is 3.45. The lowest BCUT2D eigenvalue weighted by Gasteiger charge is -2.20. The molecule has 0 saturated carbocycles. The van der Waals surface area contributed by atoms with Crippen LogP contribution in [0.3, 0.4) is 0 Å². The van der Waals surface area contributed by atoms with Crippen molar-refractivity contribution in [1.29, 1.82) is 0 Å². The summed E-state index contributed by atoms with van der Waals surface area (Å²) in [4.78, 5) is 45.0. The Morgan fingerprint density at radius 1 is 0.816 bits per heavy atom. The zero-order valence-corrected chi connectivity index (χ0v) is 28.2. The number of carboxylic acid groups (broad SMARTS) is 1. The van der Waals surface area contributed by atoms with Gasteiger partial charge in [0.25, 0.3) is 5.91 Å². The van der Waals surface area contributed by atoms with Gasteiger partial charge in [-0.25, -0.2) is 4.79 Å². The van der Waals surface area contributed by atoms with Crippen LogP contribution in [0.1, 0.15) is 79.9 Å². The van der Waals surface area contributed by atoms with Gasteiger partial charge >= 0.3 is 12.0 Å². The monoisotopic (exact) mass is 680 g/mol. The molecule has 49 heavy (non-hydrogen) atoms. The number of urea groups is 1. The highest BCUT2D eigenvalue weighted by Crippen LogP contribution is 2.48. The summed E-state index contributed by atoms with van der Waals surface area (Å²) in [6.45, 7) is 5.71. The van der Waals surface area contributed by atoms with Crippen LogP contribution in [0.25, 0.3) is 5.76 Å². The van der Waals surface area contributed by atoms with Gasteiger partial charge in [0.05, 0.1) is 25.3 Å². The molecule has 0 spiro atoms. The molecule has 1 aliphatic rings. The Morgan fingerprint density at radius 2 is 1.41 bits per heavy atom. The first-order chi connectivity index (χ1) is 23.4. The minimum absolute atomic E-state index is 0.0759. The van der Waals surface area contributed by atoms with Crippen molar-refractivity contribution in [2.24, 2.45) is 5.92 Å². The number of nitrogens with one attached hydrogen (secondary N) is 2. The topological polar surface area (TPSA) is 212 Å². The lowest BCUT2D eigenvalue weighted by atomic mass is 9.86. The molecule has 0 aliphatic carbocycles. The van der Waals surface area contributed by atoms with Crippen molar-refractivity contribution in [3.63, 3.8) is 0 Å². The molecule has 1 saturated heterocycles. The maximum absolute atomic E-state index is 12.9. The summed E-state index contributed by atoms with van der Waals surface area (Å²) < 4.78 is 10.4. The first-order valence-corrected chi connectivity index (χ1v) is 15.7. The number of hydrogen-bond donors (Lipinski definition) is 7. The molecule has 1 unspecified atom stereocenters. The highest BCUT2D eigenvalue weighted by Gasteiger charge is 2.30. The smallest absolute Gasteiger partial charge is 0.326 e. The fourth-order valence-corrected chi connectivity index (χ4v) is 4.86. The largest absolute Gasteiger partial charge is 0.504 e. The summed E-state index contributed by atoms with van der Waals surface area (Å²) in [7, 11) is 2.94. The van der Waals surface area contributed by atoms with Crippen molar-refractivity contribution in [2.45, 2.75) is 59.3 Å². The van der Waals surface area contributed by atoms with Gasteiger partial charge in [-0.2, -0.15) is 0 Å². The van der Waals surface area contributed by atoms with Gasteiger partial charge in [-0.1, -0.05) is 88.9 Å². The number of amides is 3. The van der Waals surface area contributed by atoms with Crippen LogP contribution in [0, 0.1) is 5.92 Å². The van der Waals surface area contributed by atoms with Crippen molar-refractivity contribution in [3.05, 3.63) is 82.5 Å². The summed E-state index contributed by atoms with van der Waals surface area (Å²) in [6.07, 6.45) is 4.34. The summed E-state index contributed by atoms with van der Waals surface area (Å²) in [5.74, 6) is -3.71. The lowest BCUT2D eigenvalue weighted by Crippen LogP contribution is -2.22. The number of unbranched alkanes of at least 4 members (excludes halogenated alkanes) is 1. The minimum Gasteiger partial charge on any atom is -0.504 e. The third kappa shape index (κ3) is 10.4. The SMILES string of the molecule is CCC(=O)O.CCCCC(CC)Cc1c(O)c(O)c(O)c(O)c1C(=O)c1ccccc1.COC(=C1NC(=O)NC1=O)c1ccccc1OC. The number of para-hydroxylation sites is 1. The molecule has 1 fully saturated rings. The zero-order valence-electron chi connectivity index (χ0n) is 28.2. The number of methoxy groups -OCH3 is 2. The van der Waals surface area contributed by atoms with Crippen LogP contribution in [0.5, 0.6) is 28.7 Å². The average molecular weight is 681 g/mol. The van der Waals surface area contributed by atoms with E-state index in [4.69, 9.17) is 14.6 Å². The van der Waals surface area contributed by atoms with E-state index in [-0.39, 0.29) is 34.9 Å². The molecule has 4 rings (SSSR count). The van der Waals surface area contributed by atoms with E-state index in [2.05, 4.69) is 17.6 Å². The van der Waals surface area contributed by atoms with Crippen LogP contribution in [-0.2, 0) is 20.7 Å². The van der Waals surface area contributed by atoms with Crippen LogP contribution < -0.4 is 15.4 Å². The molecule has 1 heterocycles. The van der Waals surface area contributed by atoms with Crippen molar-refractivity contribution >= 4 is 29.5 Å². The fraction of sp³-hybridized carbons (Fsp3) is 0.333. The Balaban J connectivity index is 0.000000313. The van der Waals surface area contributed by atoms with Gasteiger partial charge in [-0.3, -0.25) is 25.0 Å². The summed E-state index contributed by atoms with van der Waals surface area (Å²) >= 11 is 0. The van der Waals surface area contributed by atoms with Crippen LogP contribution in [-0.4, -0.2) is 63.4 Å². The van der Waals surface area contributed by atoms with Crippen LogP contribution >= 0.6 is 0 Å². The third-order valence-electron chi connectivity index (χ3n) is 7.57. The standard InChI is InChI=1S/C21H26O5.C12H12N2O4.C3H6O2/c1-3-5-9-13(4-2)12-15-16(17(22)14-10-7-6-8-11-14)19(24)21(26)20(25)18(15)23;1-17-8-6-4-3-5-7(8)10(18-2)9-11(15)14-12(16)13-9;1-2-3(4)5/h6-8,10-11,13,23-26H,3-5,9,12H2,1-2H3;3-6H,1-2H3,(H2,13,14,15,16);2H2,1H3,(H,4,5). The van der Waals surface area contributed by atoms with Crippen molar-refractivity contribution in [2.75, 3.05) is 14.2 Å². The van der Waals surface area contributed by atoms with E-state index >= 15 is 0 Å². The van der Waals surface area contributed by atoms with Crippen LogP contribution in [0.15, 0.2) is 60.3 Å². The number of aromatic hydroxyl groups is 4. The lowest BCUT2D eigenvalue weighted by molar-refractivity contribution is -0.136. The van der Waals surface area contributed by atoms with Gasteiger partial charge in [-0.15, -0.1) is 0 Å². The molecule has 13 nitrogen and oxygen atoms in total. The van der Waals surface area contributed by atoms with Gasteiger partial charge in [-0.05, 0) is 24.5 Å².